The zero-order valence-electron chi connectivity index (χ0n) is 20.7. The smallest absolute Gasteiger partial charge is 0.277 e. The van der Waals surface area contributed by atoms with Gasteiger partial charge >= 0.3 is 0 Å². The van der Waals surface area contributed by atoms with Crippen molar-refractivity contribution in [3.05, 3.63) is 65.7 Å². The van der Waals surface area contributed by atoms with Crippen LogP contribution in [-0.4, -0.2) is 51.8 Å². The molecular weight excluding hydrogens is 466 g/mol. The molecule has 1 aliphatic carbocycles. The minimum absolute atomic E-state index is 0.0273. The van der Waals surface area contributed by atoms with Crippen LogP contribution in [-0.2, 0) is 15.6 Å². The van der Waals surface area contributed by atoms with Crippen molar-refractivity contribution in [1.29, 1.82) is 0 Å². The summed E-state index contributed by atoms with van der Waals surface area (Å²) in [7, 11) is -2.21. The minimum atomic E-state index is -3.75. The van der Waals surface area contributed by atoms with Gasteiger partial charge in [-0.1, -0.05) is 56.3 Å². The van der Waals surface area contributed by atoms with E-state index in [2.05, 4.69) is 26.9 Å². The number of hydrogen-bond acceptors (Lipinski definition) is 5. The number of amides is 1. The first kappa shape index (κ1) is 27.1. The number of benzene rings is 2. The maximum atomic E-state index is 13.0. The molecule has 0 aromatic heterocycles. The van der Waals surface area contributed by atoms with Crippen LogP contribution in [0.5, 0.6) is 5.75 Å². The first-order chi connectivity index (χ1) is 16.7. The number of para-hydroxylation sites is 1. The van der Waals surface area contributed by atoms with Crippen molar-refractivity contribution in [2.75, 3.05) is 20.3 Å². The lowest BCUT2D eigenvalue weighted by atomic mass is 9.68. The molecule has 1 amide bonds. The van der Waals surface area contributed by atoms with Crippen molar-refractivity contribution in [3.8, 4) is 5.75 Å². The lowest BCUT2D eigenvalue weighted by molar-refractivity contribution is 0.0932. The first-order valence-corrected chi connectivity index (χ1v) is 13.5. The van der Waals surface area contributed by atoms with Crippen molar-refractivity contribution >= 4 is 16.1 Å². The van der Waals surface area contributed by atoms with E-state index in [1.54, 1.807) is 25.3 Å². The quantitative estimate of drug-likeness (QED) is 0.376. The molecule has 1 unspecified atom stereocenters. The highest BCUT2D eigenvalue weighted by molar-refractivity contribution is 7.87. The summed E-state index contributed by atoms with van der Waals surface area (Å²) < 4.78 is 35.9. The molecule has 35 heavy (non-hydrogen) atoms. The van der Waals surface area contributed by atoms with Crippen LogP contribution >= 0.6 is 0 Å². The Kier molecular flexibility index (Phi) is 9.29. The highest BCUT2D eigenvalue weighted by Gasteiger charge is 2.38. The normalized spacial score (nSPS) is 21.5. The summed E-state index contributed by atoms with van der Waals surface area (Å²) in [6, 6.07) is 16.4. The third-order valence-electron chi connectivity index (χ3n) is 6.90. The van der Waals surface area contributed by atoms with Crippen LogP contribution in [0.15, 0.2) is 54.6 Å². The molecule has 4 N–H and O–H groups in total. The molecule has 192 valence electrons. The SMILES string of the molecule is COc1ccccc1C(=O)NC[C@]1(c2ccccc2)CC[C@H](NS(=O)(=O)NC(CO)C(C)C)CC1. The Hall–Kier alpha value is -2.46. The van der Waals surface area contributed by atoms with Gasteiger partial charge in [0.25, 0.3) is 16.1 Å². The molecule has 1 atom stereocenters. The number of carbonyl (C=O) groups is 1. The second-order valence-corrected chi connectivity index (χ2v) is 11.1. The van der Waals surface area contributed by atoms with Gasteiger partial charge in [-0.3, -0.25) is 4.79 Å². The number of nitrogens with one attached hydrogen (secondary N) is 3. The maximum absolute atomic E-state index is 13.0. The van der Waals surface area contributed by atoms with Gasteiger partial charge in [-0.15, -0.1) is 0 Å². The topological polar surface area (TPSA) is 117 Å². The Balaban J connectivity index is 1.70. The summed E-state index contributed by atoms with van der Waals surface area (Å²) in [6.45, 7) is 3.90. The molecule has 0 spiro atoms. The third-order valence-corrected chi connectivity index (χ3v) is 8.15. The van der Waals surface area contributed by atoms with E-state index >= 15 is 0 Å². The molecule has 2 aromatic rings. The third kappa shape index (κ3) is 7.04. The summed E-state index contributed by atoms with van der Waals surface area (Å²) in [5.41, 5.74) is 1.30. The maximum Gasteiger partial charge on any atom is 0.277 e. The van der Waals surface area contributed by atoms with Crippen LogP contribution in [0.3, 0.4) is 0 Å². The van der Waals surface area contributed by atoms with Gasteiger partial charge in [0.05, 0.1) is 19.3 Å². The molecule has 1 aliphatic rings. The Bertz CT molecular complexity index is 1070. The lowest BCUT2D eigenvalue weighted by Crippen LogP contribution is -2.52. The summed E-state index contributed by atoms with van der Waals surface area (Å²) in [5, 5.41) is 12.6. The Morgan fingerprint density at radius 1 is 1.09 bits per heavy atom. The average Bonchev–Trinajstić information content (AvgIpc) is 2.87. The molecule has 0 radical (unpaired) electrons. The molecule has 1 saturated carbocycles. The van der Waals surface area contributed by atoms with Crippen LogP contribution in [0, 0.1) is 5.92 Å². The van der Waals surface area contributed by atoms with Crippen molar-refractivity contribution in [3.63, 3.8) is 0 Å². The van der Waals surface area contributed by atoms with Gasteiger partial charge in [0.2, 0.25) is 0 Å². The predicted octanol–water partition coefficient (Wildman–Crippen LogP) is 2.75. The Morgan fingerprint density at radius 3 is 2.31 bits per heavy atom. The van der Waals surface area contributed by atoms with Gasteiger partial charge < -0.3 is 15.2 Å². The van der Waals surface area contributed by atoms with E-state index in [4.69, 9.17) is 4.74 Å². The number of aliphatic hydroxyl groups excluding tert-OH is 1. The molecule has 8 nitrogen and oxygen atoms in total. The van der Waals surface area contributed by atoms with Crippen LogP contribution < -0.4 is 19.5 Å². The average molecular weight is 504 g/mol. The molecule has 0 bridgehead atoms. The van der Waals surface area contributed by atoms with Crippen molar-refractivity contribution in [1.82, 2.24) is 14.8 Å². The van der Waals surface area contributed by atoms with Crippen molar-refractivity contribution < 1.29 is 23.1 Å². The van der Waals surface area contributed by atoms with Crippen LogP contribution in [0.2, 0.25) is 0 Å². The van der Waals surface area contributed by atoms with Crippen LogP contribution in [0.1, 0.15) is 55.5 Å². The first-order valence-electron chi connectivity index (χ1n) is 12.1. The van der Waals surface area contributed by atoms with Gasteiger partial charge in [-0.05, 0) is 49.3 Å². The summed E-state index contributed by atoms with van der Waals surface area (Å²) in [6.07, 6.45) is 2.69. The van der Waals surface area contributed by atoms with E-state index < -0.39 is 16.3 Å². The highest BCUT2D eigenvalue weighted by Crippen LogP contribution is 2.39. The number of rotatable bonds is 11. The van der Waals surface area contributed by atoms with Gasteiger partial charge in [-0.25, -0.2) is 0 Å². The van der Waals surface area contributed by atoms with E-state index in [-0.39, 0.29) is 29.9 Å². The summed E-state index contributed by atoms with van der Waals surface area (Å²) in [5.74, 6) is 0.293. The van der Waals surface area contributed by atoms with E-state index in [0.29, 0.717) is 43.5 Å². The second-order valence-electron chi connectivity index (χ2n) is 9.58. The number of ether oxygens (including phenoxy) is 1. The Labute approximate surface area is 208 Å². The summed E-state index contributed by atoms with van der Waals surface area (Å²) >= 11 is 0. The molecule has 2 aromatic carbocycles. The van der Waals surface area contributed by atoms with Crippen molar-refractivity contribution in [2.24, 2.45) is 5.92 Å². The molecule has 3 rings (SSSR count). The fourth-order valence-electron chi connectivity index (χ4n) is 4.66. The van der Waals surface area contributed by atoms with Gasteiger partial charge in [-0.2, -0.15) is 17.9 Å². The predicted molar refractivity (Wildman–Crippen MR) is 137 cm³/mol. The highest BCUT2D eigenvalue weighted by atomic mass is 32.2. The lowest BCUT2D eigenvalue weighted by Gasteiger charge is -2.41. The van der Waals surface area contributed by atoms with Crippen LogP contribution in [0.4, 0.5) is 0 Å². The molecule has 1 fully saturated rings. The van der Waals surface area contributed by atoms with E-state index in [9.17, 15) is 18.3 Å². The van der Waals surface area contributed by atoms with Crippen molar-refractivity contribution in [2.45, 2.75) is 57.0 Å². The largest absolute Gasteiger partial charge is 0.496 e. The fourth-order valence-corrected chi connectivity index (χ4v) is 6.15. The number of methoxy groups -OCH3 is 1. The van der Waals surface area contributed by atoms with Gasteiger partial charge in [0.15, 0.2) is 0 Å². The zero-order valence-corrected chi connectivity index (χ0v) is 21.5. The molecular formula is C26H37N3O5S. The van der Waals surface area contributed by atoms with E-state index in [1.807, 2.05) is 38.1 Å². The van der Waals surface area contributed by atoms with Crippen LogP contribution in [0.25, 0.3) is 0 Å². The molecule has 9 heteroatoms. The fraction of sp³-hybridized carbons (Fsp3) is 0.500. The summed E-state index contributed by atoms with van der Waals surface area (Å²) in [4.78, 5) is 13.0. The standard InChI is InChI=1S/C26H37N3O5S/c1-19(2)23(17-30)29-35(32,33)28-21-13-15-26(16-14-21,20-9-5-4-6-10-20)18-27-25(31)22-11-7-8-12-24(22)34-3/h4-12,19,21,23,28-30H,13-18H2,1-3H3,(H,27,31)/t21-,23?,26-. The van der Waals surface area contributed by atoms with E-state index in [0.717, 1.165) is 5.56 Å². The van der Waals surface area contributed by atoms with E-state index in [1.165, 1.54) is 0 Å². The van der Waals surface area contributed by atoms with Gasteiger partial charge in [0.1, 0.15) is 5.75 Å². The number of aliphatic hydroxyl groups is 1. The number of hydrogen-bond donors (Lipinski definition) is 4. The molecule has 0 saturated heterocycles. The zero-order chi connectivity index (χ0) is 25.5. The minimum Gasteiger partial charge on any atom is -0.496 e. The second kappa shape index (κ2) is 12.0. The van der Waals surface area contributed by atoms with Gasteiger partial charge in [0, 0.05) is 24.0 Å². The molecule has 0 heterocycles. The Morgan fingerprint density at radius 2 is 1.71 bits per heavy atom. The number of carbonyl (C=O) groups excluding carboxylic acids is 1. The monoisotopic (exact) mass is 503 g/mol. The molecule has 0 aliphatic heterocycles.